The van der Waals surface area contributed by atoms with Crippen molar-refractivity contribution in [3.8, 4) is 5.92 Å². The van der Waals surface area contributed by atoms with E-state index in [4.69, 9.17) is 6.42 Å². The molecule has 0 N–H and O–H groups in total. The van der Waals surface area contributed by atoms with Gasteiger partial charge in [0.2, 0.25) is 0 Å². The number of hydrogen-bond donors (Lipinski definition) is 0. The molecule has 0 atom stereocenters. The molecule has 0 aliphatic heterocycles. The van der Waals surface area contributed by atoms with Crippen molar-refractivity contribution in [3.63, 3.8) is 0 Å². The maximum absolute atomic E-state index is 5.96. The van der Waals surface area contributed by atoms with Crippen molar-refractivity contribution < 1.29 is 40.4 Å². The zero-order chi connectivity index (χ0) is 2.71. The zero-order valence-electron chi connectivity index (χ0n) is 2.41. The first-order valence-electron chi connectivity index (χ1n) is 0.750. The maximum Gasteiger partial charge on any atom is 0 e. The van der Waals surface area contributed by atoms with Gasteiger partial charge in [-0.05, 0) is 6.92 Å². The Morgan fingerprint density at radius 1 is 1.75 bits per heavy atom. The molecule has 0 aliphatic rings. The second-order valence-electron chi connectivity index (χ2n) is 0.250. The van der Waals surface area contributed by atoms with Gasteiger partial charge in [-0.1, -0.05) is 0 Å². The first-order valence-corrected chi connectivity index (χ1v) is 0.750. The summed E-state index contributed by atoms with van der Waals surface area (Å²) in [5, 5.41) is 0. The van der Waals surface area contributed by atoms with Crippen LogP contribution >= 0.6 is 0 Å². The van der Waals surface area contributed by atoms with Gasteiger partial charge in [-0.15, -0.1) is 0 Å². The Balaban J connectivity index is 0. The Labute approximate surface area is 59.1 Å². The standard InChI is InChI=1S/C3H3.Sm/c1-3-2;/h1H3;/q-1;. The molecule has 0 aromatic carbocycles. The van der Waals surface area contributed by atoms with Gasteiger partial charge in [0, 0.05) is 40.4 Å². The van der Waals surface area contributed by atoms with Crippen molar-refractivity contribution in [1.82, 2.24) is 0 Å². The molecule has 0 aromatic heterocycles. The molecule has 0 unspecified atom stereocenters. The van der Waals surface area contributed by atoms with Gasteiger partial charge in [-0.25, -0.2) is 0 Å². The Morgan fingerprint density at radius 2 is 1.75 bits per heavy atom. The molecule has 0 aliphatic carbocycles. The van der Waals surface area contributed by atoms with Crippen molar-refractivity contribution in [1.29, 1.82) is 0 Å². The molecule has 0 spiro atoms. The molecule has 0 saturated carbocycles. The Bertz CT molecular complexity index is 24.8. The van der Waals surface area contributed by atoms with Crippen molar-refractivity contribution >= 4 is 0 Å². The van der Waals surface area contributed by atoms with Crippen LogP contribution in [0, 0.1) is 52.7 Å². The van der Waals surface area contributed by atoms with Gasteiger partial charge in [-0.2, -0.15) is 0 Å². The summed E-state index contributed by atoms with van der Waals surface area (Å²) >= 11 is 0. The third-order valence-corrected chi connectivity index (χ3v) is 0. The summed E-state index contributed by atoms with van der Waals surface area (Å²) in [7, 11) is 0. The van der Waals surface area contributed by atoms with Crippen molar-refractivity contribution in [2.45, 2.75) is 6.92 Å². The van der Waals surface area contributed by atoms with E-state index in [1.54, 1.807) is 6.92 Å². The molecule has 0 nitrogen and oxygen atoms in total. The molecule has 4 heavy (non-hydrogen) atoms. The van der Waals surface area contributed by atoms with Gasteiger partial charge in [0.1, 0.15) is 0 Å². The third kappa shape index (κ3) is 12.9. The van der Waals surface area contributed by atoms with Gasteiger partial charge < -0.3 is 12.3 Å². The summed E-state index contributed by atoms with van der Waals surface area (Å²) in [5.74, 6) is 2.00. The van der Waals surface area contributed by atoms with E-state index in [0.29, 0.717) is 0 Å². The van der Waals surface area contributed by atoms with E-state index in [0.717, 1.165) is 0 Å². The largest absolute Gasteiger partial charge is 0.694 e. The van der Waals surface area contributed by atoms with E-state index in [9.17, 15) is 0 Å². The van der Waals surface area contributed by atoms with Crippen LogP contribution < -0.4 is 0 Å². The molecule has 1 heteroatoms. The molecular formula is C3H3Sm-. The van der Waals surface area contributed by atoms with E-state index in [1.165, 1.54) is 0 Å². The molecule has 0 aromatic rings. The Morgan fingerprint density at radius 3 is 1.75 bits per heavy atom. The van der Waals surface area contributed by atoms with Crippen LogP contribution in [-0.4, -0.2) is 0 Å². The van der Waals surface area contributed by atoms with E-state index in [2.05, 4.69) is 0 Å². The molecule has 0 bridgehead atoms. The molecule has 0 fully saturated rings. The quantitative estimate of drug-likeness (QED) is 0.387. The Kier molecular flexibility index (Phi) is 20.1. The Hall–Kier alpha value is 0.898. The minimum absolute atomic E-state index is 0. The fraction of sp³-hybridized carbons (Fsp3) is 0.333. The van der Waals surface area contributed by atoms with Gasteiger partial charge in [0.15, 0.2) is 0 Å². The summed E-state index contributed by atoms with van der Waals surface area (Å²) in [6.45, 7) is 1.54. The molecule has 0 rings (SSSR count). The van der Waals surface area contributed by atoms with Gasteiger partial charge in [-0.3, -0.25) is 0 Å². The SMILES string of the molecule is [C-]#CC.[Sm]. The van der Waals surface area contributed by atoms with Crippen LogP contribution in [0.5, 0.6) is 0 Å². The van der Waals surface area contributed by atoms with Gasteiger partial charge in [0.25, 0.3) is 0 Å². The molecule has 0 amide bonds. The topological polar surface area (TPSA) is 0 Å². The maximum atomic E-state index is 5.96. The molecule has 0 heterocycles. The summed E-state index contributed by atoms with van der Waals surface area (Å²) < 4.78 is 0. The van der Waals surface area contributed by atoms with E-state index in [-0.39, 0.29) is 40.4 Å². The van der Waals surface area contributed by atoms with E-state index >= 15 is 0 Å². The zero-order valence-corrected chi connectivity index (χ0v) is 5.03. The van der Waals surface area contributed by atoms with Gasteiger partial charge in [0.05, 0.1) is 0 Å². The number of rotatable bonds is 0. The second-order valence-corrected chi connectivity index (χ2v) is 0.250. The minimum atomic E-state index is 0. The van der Waals surface area contributed by atoms with Crippen molar-refractivity contribution in [2.24, 2.45) is 0 Å². The van der Waals surface area contributed by atoms with Crippen LogP contribution in [0.3, 0.4) is 0 Å². The molecule has 0 radical (unpaired) electrons. The summed E-state index contributed by atoms with van der Waals surface area (Å²) in [6, 6.07) is 0. The van der Waals surface area contributed by atoms with Crippen LogP contribution in [0.4, 0.5) is 0 Å². The van der Waals surface area contributed by atoms with Gasteiger partial charge >= 0.3 is 0 Å². The average molecular weight is 189 g/mol. The van der Waals surface area contributed by atoms with Crippen LogP contribution in [0.2, 0.25) is 0 Å². The monoisotopic (exact) mass is 191 g/mol. The van der Waals surface area contributed by atoms with Crippen LogP contribution in [0.25, 0.3) is 0 Å². The summed E-state index contributed by atoms with van der Waals surface area (Å²) in [5.41, 5.74) is 0. The summed E-state index contributed by atoms with van der Waals surface area (Å²) in [6.07, 6.45) is 5.96. The summed E-state index contributed by atoms with van der Waals surface area (Å²) in [4.78, 5) is 0. The smallest absolute Gasteiger partial charge is 0 e. The first kappa shape index (κ1) is 8.86. The fourth-order valence-corrected chi connectivity index (χ4v) is 0. The van der Waals surface area contributed by atoms with Crippen molar-refractivity contribution in [2.75, 3.05) is 0 Å². The van der Waals surface area contributed by atoms with Crippen molar-refractivity contribution in [3.05, 3.63) is 6.42 Å². The van der Waals surface area contributed by atoms with Crippen LogP contribution in [0.1, 0.15) is 6.92 Å². The molecule has 22 valence electrons. The van der Waals surface area contributed by atoms with Crippen LogP contribution in [-0.2, 0) is 0 Å². The molecular weight excluding hydrogens is 186 g/mol. The predicted molar refractivity (Wildman–Crippen MR) is 12.8 cm³/mol. The first-order chi connectivity index (χ1) is 1.41. The third-order valence-electron chi connectivity index (χ3n) is 0. The fourth-order valence-electron chi connectivity index (χ4n) is 0. The van der Waals surface area contributed by atoms with E-state index < -0.39 is 0 Å². The minimum Gasteiger partial charge on any atom is -0.694 e. The van der Waals surface area contributed by atoms with Crippen LogP contribution in [0.15, 0.2) is 0 Å². The molecule has 0 saturated heterocycles. The normalized spacial score (nSPS) is 2.00. The predicted octanol–water partition coefficient (Wildman–Crippen LogP) is 0.596. The van der Waals surface area contributed by atoms with E-state index in [1.807, 2.05) is 5.92 Å². The second kappa shape index (κ2) is 9.09. The number of hydrogen-bond acceptors (Lipinski definition) is 0. The average Bonchev–Trinajstić information content (AvgIpc) is 0.918.